The number of ether oxygens (including phenoxy) is 2. The van der Waals surface area contributed by atoms with Crippen molar-refractivity contribution in [2.45, 2.75) is 24.3 Å². The highest BCUT2D eigenvalue weighted by molar-refractivity contribution is 7.98. The maximum Gasteiger partial charge on any atom is 0.223 e. The Morgan fingerprint density at radius 3 is 2.54 bits per heavy atom. The van der Waals surface area contributed by atoms with Gasteiger partial charge >= 0.3 is 0 Å². The molecule has 0 spiro atoms. The van der Waals surface area contributed by atoms with Crippen LogP contribution in [0.15, 0.2) is 59.8 Å². The average Bonchev–Trinajstić information content (AvgIpc) is 2.68. The largest absolute Gasteiger partial charge is 0.497 e. The van der Waals surface area contributed by atoms with Crippen LogP contribution in [0.1, 0.15) is 18.2 Å². The lowest BCUT2D eigenvalue weighted by Crippen LogP contribution is -1.97. The highest BCUT2D eigenvalue weighted by atomic mass is 35.5. The zero-order valence-electron chi connectivity index (χ0n) is 14.6. The first-order valence-electron chi connectivity index (χ1n) is 8.23. The van der Waals surface area contributed by atoms with E-state index in [1.807, 2.05) is 36.4 Å². The molecule has 0 aliphatic carbocycles. The number of aryl methyl sites for hydroxylation is 1. The van der Waals surface area contributed by atoms with Crippen LogP contribution in [0.5, 0.6) is 17.4 Å². The number of aromatic nitrogens is 2. The molecule has 0 unspecified atom stereocenters. The van der Waals surface area contributed by atoms with Crippen molar-refractivity contribution >= 4 is 23.4 Å². The van der Waals surface area contributed by atoms with Crippen molar-refractivity contribution < 1.29 is 9.47 Å². The predicted octanol–water partition coefficient (Wildman–Crippen LogP) is 5.79. The van der Waals surface area contributed by atoms with Crippen molar-refractivity contribution in [3.8, 4) is 17.4 Å². The van der Waals surface area contributed by atoms with Crippen molar-refractivity contribution in [2.24, 2.45) is 0 Å². The van der Waals surface area contributed by atoms with Gasteiger partial charge in [-0.1, -0.05) is 42.4 Å². The van der Waals surface area contributed by atoms with Crippen LogP contribution < -0.4 is 9.47 Å². The van der Waals surface area contributed by atoms with Crippen LogP contribution in [0.2, 0.25) is 5.02 Å². The minimum Gasteiger partial charge on any atom is -0.497 e. The summed E-state index contributed by atoms with van der Waals surface area (Å²) in [4.78, 5) is 9.11. The quantitative estimate of drug-likeness (QED) is 0.380. The van der Waals surface area contributed by atoms with Crippen molar-refractivity contribution in [1.82, 2.24) is 9.97 Å². The molecule has 0 saturated heterocycles. The summed E-state index contributed by atoms with van der Waals surface area (Å²) >= 11 is 7.49. The highest BCUT2D eigenvalue weighted by Gasteiger charge is 2.08. The number of thioether (sulfide) groups is 1. The molecule has 26 heavy (non-hydrogen) atoms. The third-order valence-corrected chi connectivity index (χ3v) is 4.81. The van der Waals surface area contributed by atoms with Crippen LogP contribution in [0, 0.1) is 0 Å². The lowest BCUT2D eigenvalue weighted by molar-refractivity contribution is 0.414. The van der Waals surface area contributed by atoms with Gasteiger partial charge in [0.2, 0.25) is 5.88 Å². The molecule has 0 N–H and O–H groups in total. The Balaban J connectivity index is 1.75. The molecule has 6 heteroatoms. The van der Waals surface area contributed by atoms with Crippen molar-refractivity contribution in [3.63, 3.8) is 0 Å². The average molecular weight is 387 g/mol. The summed E-state index contributed by atoms with van der Waals surface area (Å²) in [6.45, 7) is 2.06. The van der Waals surface area contributed by atoms with E-state index >= 15 is 0 Å². The Morgan fingerprint density at radius 1 is 1.00 bits per heavy atom. The van der Waals surface area contributed by atoms with E-state index in [0.717, 1.165) is 29.2 Å². The maximum atomic E-state index is 5.92. The van der Waals surface area contributed by atoms with Gasteiger partial charge in [-0.3, -0.25) is 0 Å². The van der Waals surface area contributed by atoms with E-state index < -0.39 is 0 Å². The first-order valence-corrected chi connectivity index (χ1v) is 9.59. The van der Waals surface area contributed by atoms with Crippen molar-refractivity contribution in [2.75, 3.05) is 7.11 Å². The Bertz CT molecular complexity index is 872. The third kappa shape index (κ3) is 5.13. The van der Waals surface area contributed by atoms with E-state index in [4.69, 9.17) is 21.1 Å². The maximum absolute atomic E-state index is 5.92. The Hall–Kier alpha value is -2.24. The van der Waals surface area contributed by atoms with E-state index in [9.17, 15) is 0 Å². The minimum atomic E-state index is 0.535. The molecule has 0 aliphatic heterocycles. The molecule has 0 bridgehead atoms. The lowest BCUT2D eigenvalue weighted by atomic mass is 10.2. The molecule has 0 saturated carbocycles. The molecule has 3 rings (SSSR count). The van der Waals surface area contributed by atoms with E-state index in [1.54, 1.807) is 31.0 Å². The van der Waals surface area contributed by atoms with Gasteiger partial charge in [0.05, 0.1) is 7.11 Å². The topological polar surface area (TPSA) is 44.2 Å². The van der Waals surface area contributed by atoms with E-state index in [1.165, 1.54) is 0 Å². The van der Waals surface area contributed by atoms with Crippen molar-refractivity contribution in [1.29, 1.82) is 0 Å². The van der Waals surface area contributed by atoms with E-state index in [0.29, 0.717) is 21.8 Å². The molecule has 0 radical (unpaired) electrons. The molecular weight excluding hydrogens is 368 g/mol. The summed E-state index contributed by atoms with van der Waals surface area (Å²) in [5.41, 5.74) is 2.09. The summed E-state index contributed by atoms with van der Waals surface area (Å²) in [5, 5.41) is 1.36. The monoisotopic (exact) mass is 386 g/mol. The van der Waals surface area contributed by atoms with Crippen LogP contribution in [0.3, 0.4) is 0 Å². The first kappa shape index (κ1) is 18.5. The van der Waals surface area contributed by atoms with Gasteiger partial charge in [0, 0.05) is 22.5 Å². The van der Waals surface area contributed by atoms with Crippen LogP contribution >= 0.6 is 23.4 Å². The SMILES string of the molecule is CCc1cc(Oc2ccc(Cl)cc2)nc(SCc2cccc(OC)c2)n1. The molecule has 1 heterocycles. The molecule has 4 nitrogen and oxygen atoms in total. The zero-order chi connectivity index (χ0) is 18.4. The summed E-state index contributed by atoms with van der Waals surface area (Å²) in [6.07, 6.45) is 0.812. The van der Waals surface area contributed by atoms with Gasteiger partial charge < -0.3 is 9.47 Å². The fourth-order valence-electron chi connectivity index (χ4n) is 2.28. The molecule has 0 atom stereocenters. The molecule has 0 amide bonds. The fourth-order valence-corrected chi connectivity index (χ4v) is 3.22. The number of benzene rings is 2. The summed E-state index contributed by atoms with van der Waals surface area (Å²) in [6, 6.07) is 17.1. The zero-order valence-corrected chi connectivity index (χ0v) is 16.2. The summed E-state index contributed by atoms with van der Waals surface area (Å²) < 4.78 is 11.1. The van der Waals surface area contributed by atoms with E-state index in [-0.39, 0.29) is 0 Å². The number of halogens is 1. The Labute approximate surface area is 162 Å². The number of rotatable bonds is 7. The number of hydrogen-bond acceptors (Lipinski definition) is 5. The molecule has 0 fully saturated rings. The highest BCUT2D eigenvalue weighted by Crippen LogP contribution is 2.27. The molecular formula is C20H19ClN2O2S. The molecule has 134 valence electrons. The fraction of sp³-hybridized carbons (Fsp3) is 0.200. The van der Waals surface area contributed by atoms with Crippen LogP contribution in [0.4, 0.5) is 0 Å². The molecule has 1 aromatic heterocycles. The first-order chi connectivity index (χ1) is 12.7. The van der Waals surface area contributed by atoms with Gasteiger partial charge in [0.1, 0.15) is 11.5 Å². The second-order valence-electron chi connectivity index (χ2n) is 5.53. The van der Waals surface area contributed by atoms with Gasteiger partial charge in [-0.25, -0.2) is 4.98 Å². The standard InChI is InChI=1S/C20H19ClN2O2S/c1-3-16-12-19(25-17-9-7-15(21)8-10-17)23-20(22-16)26-13-14-5-4-6-18(11-14)24-2/h4-12H,3,13H2,1-2H3. The second-order valence-corrected chi connectivity index (χ2v) is 6.91. The smallest absolute Gasteiger partial charge is 0.223 e. The van der Waals surface area contributed by atoms with Gasteiger partial charge in [-0.15, -0.1) is 0 Å². The Kier molecular flexibility index (Phi) is 6.36. The molecule has 3 aromatic rings. The van der Waals surface area contributed by atoms with Gasteiger partial charge in [-0.2, -0.15) is 4.98 Å². The predicted molar refractivity (Wildman–Crippen MR) is 105 cm³/mol. The van der Waals surface area contributed by atoms with Crippen LogP contribution in [-0.4, -0.2) is 17.1 Å². The number of methoxy groups -OCH3 is 1. The summed E-state index contributed by atoms with van der Waals surface area (Å²) in [7, 11) is 1.67. The third-order valence-electron chi connectivity index (χ3n) is 3.64. The van der Waals surface area contributed by atoms with Gasteiger partial charge in [-0.05, 0) is 48.4 Å². The van der Waals surface area contributed by atoms with Gasteiger partial charge in [0.15, 0.2) is 5.16 Å². The second kappa shape index (κ2) is 8.92. The van der Waals surface area contributed by atoms with Crippen LogP contribution in [-0.2, 0) is 12.2 Å². The number of hydrogen-bond donors (Lipinski definition) is 0. The summed E-state index contributed by atoms with van der Waals surface area (Å²) in [5.74, 6) is 2.83. The van der Waals surface area contributed by atoms with Crippen LogP contribution in [0.25, 0.3) is 0 Å². The lowest BCUT2D eigenvalue weighted by Gasteiger charge is -2.09. The normalized spacial score (nSPS) is 10.6. The van der Waals surface area contributed by atoms with E-state index in [2.05, 4.69) is 23.0 Å². The minimum absolute atomic E-state index is 0.535. The van der Waals surface area contributed by atoms with Crippen molar-refractivity contribution in [3.05, 3.63) is 70.9 Å². The van der Waals surface area contributed by atoms with Gasteiger partial charge in [0.25, 0.3) is 0 Å². The Morgan fingerprint density at radius 2 is 1.81 bits per heavy atom. The number of nitrogens with zero attached hydrogens (tertiary/aromatic N) is 2. The molecule has 2 aromatic carbocycles. The molecule has 0 aliphatic rings.